The summed E-state index contributed by atoms with van der Waals surface area (Å²) in [7, 11) is 1.95. The Labute approximate surface area is 92.2 Å². The molecule has 1 heterocycles. The molecule has 0 saturated carbocycles. The van der Waals surface area contributed by atoms with Crippen LogP contribution in [0.15, 0.2) is 22.7 Å². The molecule has 0 radical (unpaired) electrons. The Hall–Kier alpha value is -0.100. The van der Waals surface area contributed by atoms with Gasteiger partial charge in [-0.25, -0.2) is 0 Å². The van der Waals surface area contributed by atoms with Crippen LogP contribution < -0.4 is 0 Å². The van der Waals surface area contributed by atoms with Crippen LogP contribution in [0.4, 0.5) is 0 Å². The van der Waals surface area contributed by atoms with Crippen LogP contribution in [-0.2, 0) is 7.05 Å². The summed E-state index contributed by atoms with van der Waals surface area (Å²) in [6.45, 7) is 0. The molecule has 0 amide bonds. The van der Waals surface area contributed by atoms with E-state index in [1.54, 1.807) is 0 Å². The van der Waals surface area contributed by atoms with Crippen molar-refractivity contribution in [2.24, 2.45) is 7.05 Å². The van der Waals surface area contributed by atoms with E-state index in [0.717, 1.165) is 9.99 Å². The van der Waals surface area contributed by atoms with E-state index in [4.69, 9.17) is 0 Å². The van der Waals surface area contributed by atoms with Gasteiger partial charge in [0.25, 0.3) is 0 Å². The third-order valence-electron chi connectivity index (χ3n) is 1.72. The van der Waals surface area contributed by atoms with Gasteiger partial charge in [0.2, 0.25) is 0 Å². The third-order valence-corrected chi connectivity index (χ3v) is 3.50. The molecule has 0 saturated heterocycles. The van der Waals surface area contributed by atoms with Crippen LogP contribution in [0.3, 0.4) is 0 Å². The summed E-state index contributed by atoms with van der Waals surface area (Å²) in [4.78, 5) is 0. The maximum absolute atomic E-state index is 4.34. The lowest BCUT2D eigenvalue weighted by Gasteiger charge is -1.90. The van der Waals surface area contributed by atoms with Crippen molar-refractivity contribution in [2.45, 2.75) is 0 Å². The van der Waals surface area contributed by atoms with Crippen LogP contribution in [-0.4, -0.2) is 9.78 Å². The molecule has 0 spiro atoms. The van der Waals surface area contributed by atoms with Gasteiger partial charge < -0.3 is 0 Å². The maximum Gasteiger partial charge on any atom is 0.106 e. The van der Waals surface area contributed by atoms with Gasteiger partial charge in [-0.1, -0.05) is 15.9 Å². The summed E-state index contributed by atoms with van der Waals surface area (Å²) in [5.74, 6) is 0. The van der Waals surface area contributed by atoms with Crippen LogP contribution in [0.25, 0.3) is 10.9 Å². The highest BCUT2D eigenvalue weighted by molar-refractivity contribution is 14.1. The van der Waals surface area contributed by atoms with Crippen molar-refractivity contribution < 1.29 is 0 Å². The Morgan fingerprint density at radius 2 is 2.25 bits per heavy atom. The highest BCUT2D eigenvalue weighted by atomic mass is 127. The monoisotopic (exact) mass is 336 g/mol. The second-order valence-corrected chi connectivity index (χ2v) is 4.51. The molecule has 1 aromatic carbocycles. The molecule has 0 aliphatic heterocycles. The molecule has 4 heteroatoms. The average molecular weight is 337 g/mol. The maximum atomic E-state index is 4.34. The lowest BCUT2D eigenvalue weighted by molar-refractivity contribution is 0.759. The molecule has 0 N–H and O–H groups in total. The number of fused-ring (bicyclic) bond motifs is 1. The SMILES string of the molecule is Cn1nc2ccc(Br)cc2c1I. The molecular formula is C8H6BrIN2. The van der Waals surface area contributed by atoms with E-state index in [1.165, 1.54) is 9.09 Å². The molecule has 0 unspecified atom stereocenters. The number of rotatable bonds is 0. The van der Waals surface area contributed by atoms with E-state index < -0.39 is 0 Å². The van der Waals surface area contributed by atoms with Crippen molar-refractivity contribution in [3.63, 3.8) is 0 Å². The Kier molecular flexibility index (Phi) is 2.12. The van der Waals surface area contributed by atoms with Crippen molar-refractivity contribution in [3.8, 4) is 0 Å². The molecule has 12 heavy (non-hydrogen) atoms. The molecule has 0 aliphatic rings. The zero-order valence-corrected chi connectivity index (χ0v) is 10.1. The fourth-order valence-electron chi connectivity index (χ4n) is 1.14. The summed E-state index contributed by atoms with van der Waals surface area (Å²) in [6, 6.07) is 6.11. The summed E-state index contributed by atoms with van der Waals surface area (Å²) in [5.41, 5.74) is 1.05. The van der Waals surface area contributed by atoms with Crippen LogP contribution in [0.5, 0.6) is 0 Å². The second kappa shape index (κ2) is 2.99. The Bertz CT molecular complexity index is 436. The van der Waals surface area contributed by atoms with Crippen molar-refractivity contribution in [1.82, 2.24) is 9.78 Å². The number of aromatic nitrogens is 2. The number of hydrogen-bond donors (Lipinski definition) is 0. The van der Waals surface area contributed by atoms with Crippen molar-refractivity contribution in [3.05, 3.63) is 26.4 Å². The fourth-order valence-corrected chi connectivity index (χ4v) is 2.04. The molecule has 0 fully saturated rings. The van der Waals surface area contributed by atoms with Crippen molar-refractivity contribution in [2.75, 3.05) is 0 Å². The first kappa shape index (κ1) is 8.50. The second-order valence-electron chi connectivity index (χ2n) is 2.58. The Morgan fingerprint density at radius 3 is 3.00 bits per heavy atom. The first-order valence-electron chi connectivity index (χ1n) is 3.46. The van der Waals surface area contributed by atoms with Gasteiger partial charge in [0.05, 0.1) is 5.52 Å². The molecule has 0 aliphatic carbocycles. The minimum absolute atomic E-state index is 1.05. The number of halogens is 2. The van der Waals surface area contributed by atoms with Gasteiger partial charge in [-0.3, -0.25) is 4.68 Å². The van der Waals surface area contributed by atoms with Gasteiger partial charge >= 0.3 is 0 Å². The Balaban J connectivity index is 2.88. The Morgan fingerprint density at radius 1 is 1.50 bits per heavy atom. The smallest absolute Gasteiger partial charge is 0.106 e. The topological polar surface area (TPSA) is 17.8 Å². The van der Waals surface area contributed by atoms with Crippen LogP contribution in [0, 0.1) is 3.70 Å². The molecule has 0 bridgehead atoms. The van der Waals surface area contributed by atoms with E-state index in [-0.39, 0.29) is 0 Å². The summed E-state index contributed by atoms with van der Waals surface area (Å²) < 4.78 is 4.15. The van der Waals surface area contributed by atoms with E-state index in [0.29, 0.717) is 0 Å². The lowest BCUT2D eigenvalue weighted by Crippen LogP contribution is -1.91. The van der Waals surface area contributed by atoms with Gasteiger partial charge in [0, 0.05) is 16.9 Å². The zero-order chi connectivity index (χ0) is 8.72. The summed E-state index contributed by atoms with van der Waals surface area (Å²) in [6.07, 6.45) is 0. The molecule has 2 nitrogen and oxygen atoms in total. The van der Waals surface area contributed by atoms with E-state index in [1.807, 2.05) is 23.9 Å². The van der Waals surface area contributed by atoms with Crippen LogP contribution >= 0.6 is 38.5 Å². The van der Waals surface area contributed by atoms with E-state index >= 15 is 0 Å². The molecule has 2 aromatic rings. The van der Waals surface area contributed by atoms with Crippen LogP contribution in [0.1, 0.15) is 0 Å². The minimum atomic E-state index is 1.05. The standard InChI is InChI=1S/C8H6BrIN2/c1-12-8(10)6-4-5(9)2-3-7(6)11-12/h2-4H,1H3. The number of benzene rings is 1. The first-order valence-corrected chi connectivity index (χ1v) is 5.33. The quantitative estimate of drug-likeness (QED) is 0.676. The highest BCUT2D eigenvalue weighted by Gasteiger charge is 2.04. The summed E-state index contributed by atoms with van der Waals surface area (Å²) in [5, 5.41) is 5.54. The van der Waals surface area contributed by atoms with Crippen molar-refractivity contribution >= 4 is 49.4 Å². The molecule has 0 atom stereocenters. The minimum Gasteiger partial charge on any atom is -0.261 e. The third kappa shape index (κ3) is 1.26. The average Bonchev–Trinajstić information content (AvgIpc) is 2.31. The van der Waals surface area contributed by atoms with Crippen molar-refractivity contribution in [1.29, 1.82) is 0 Å². The van der Waals surface area contributed by atoms with E-state index in [2.05, 4.69) is 49.7 Å². The van der Waals surface area contributed by atoms with Gasteiger partial charge in [0.1, 0.15) is 3.70 Å². The molecular weight excluding hydrogens is 331 g/mol. The van der Waals surface area contributed by atoms with Gasteiger partial charge in [0.15, 0.2) is 0 Å². The normalized spacial score (nSPS) is 10.9. The molecule has 2 rings (SSSR count). The largest absolute Gasteiger partial charge is 0.261 e. The predicted octanol–water partition coefficient (Wildman–Crippen LogP) is 2.94. The number of aryl methyl sites for hydroxylation is 1. The first-order chi connectivity index (χ1) is 5.68. The number of hydrogen-bond acceptors (Lipinski definition) is 1. The van der Waals surface area contributed by atoms with E-state index in [9.17, 15) is 0 Å². The van der Waals surface area contributed by atoms with Crippen LogP contribution in [0.2, 0.25) is 0 Å². The summed E-state index contributed by atoms with van der Waals surface area (Å²) >= 11 is 5.73. The predicted molar refractivity (Wildman–Crippen MR) is 61.1 cm³/mol. The highest BCUT2D eigenvalue weighted by Crippen LogP contribution is 2.23. The molecule has 62 valence electrons. The van der Waals surface area contributed by atoms with Gasteiger partial charge in [-0.05, 0) is 40.8 Å². The zero-order valence-electron chi connectivity index (χ0n) is 6.38. The fraction of sp³-hybridized carbons (Fsp3) is 0.125. The van der Waals surface area contributed by atoms with Gasteiger partial charge in [-0.2, -0.15) is 5.10 Å². The molecule has 1 aromatic heterocycles. The van der Waals surface area contributed by atoms with Gasteiger partial charge in [-0.15, -0.1) is 0 Å². The lowest BCUT2D eigenvalue weighted by atomic mass is 10.3. The number of nitrogens with zero attached hydrogens (tertiary/aromatic N) is 2.